The summed E-state index contributed by atoms with van der Waals surface area (Å²) in [5, 5.41) is 0. The zero-order valence-electron chi connectivity index (χ0n) is 10.0. The van der Waals surface area contributed by atoms with Crippen LogP contribution in [-0.2, 0) is 4.79 Å². The summed E-state index contributed by atoms with van der Waals surface area (Å²) < 4.78 is 0. The Kier molecular flexibility index (Phi) is 4.15. The molecule has 0 heterocycles. The average molecular weight is 184 g/mol. The molecule has 0 aliphatic heterocycles. The minimum atomic E-state index is -0.195. The maximum absolute atomic E-state index is 12.1. The Labute approximate surface area is 82.9 Å². The molecule has 0 aliphatic rings. The predicted octanol–water partition coefficient (Wildman–Crippen LogP) is 3.82. The number of hydrogen-bond donors (Lipinski definition) is 0. The highest BCUT2D eigenvalue weighted by Crippen LogP contribution is 2.35. The minimum absolute atomic E-state index is 0.104. The van der Waals surface area contributed by atoms with E-state index in [-0.39, 0.29) is 10.8 Å². The van der Waals surface area contributed by atoms with Gasteiger partial charge in [0.25, 0.3) is 0 Å². The second kappa shape index (κ2) is 4.26. The van der Waals surface area contributed by atoms with E-state index >= 15 is 0 Å². The zero-order chi connectivity index (χ0) is 10.7. The summed E-state index contributed by atoms with van der Waals surface area (Å²) in [5.74, 6) is 0.407. The van der Waals surface area contributed by atoms with Crippen molar-refractivity contribution in [2.24, 2.45) is 10.8 Å². The van der Waals surface area contributed by atoms with Crippen LogP contribution in [0.15, 0.2) is 0 Å². The highest BCUT2D eigenvalue weighted by Gasteiger charge is 2.37. The molecule has 0 bridgehead atoms. The first-order chi connectivity index (χ1) is 5.78. The first-order valence-electron chi connectivity index (χ1n) is 5.33. The SMILES string of the molecule is CCCC(C)(CC)C(=O)C(C)(C)C. The summed E-state index contributed by atoms with van der Waals surface area (Å²) in [6.45, 7) is 12.4. The molecule has 0 aromatic carbocycles. The van der Waals surface area contributed by atoms with Gasteiger partial charge in [-0.25, -0.2) is 0 Å². The monoisotopic (exact) mass is 184 g/mol. The van der Waals surface area contributed by atoms with Crippen molar-refractivity contribution in [1.82, 2.24) is 0 Å². The van der Waals surface area contributed by atoms with Crippen LogP contribution >= 0.6 is 0 Å². The van der Waals surface area contributed by atoms with Gasteiger partial charge in [-0.05, 0) is 12.8 Å². The molecule has 1 unspecified atom stereocenters. The van der Waals surface area contributed by atoms with Gasteiger partial charge in [0, 0.05) is 10.8 Å². The van der Waals surface area contributed by atoms with Crippen LogP contribution in [0.5, 0.6) is 0 Å². The molecule has 1 nitrogen and oxygen atoms in total. The summed E-state index contributed by atoms with van der Waals surface area (Å²) in [7, 11) is 0. The van der Waals surface area contributed by atoms with Crippen LogP contribution in [-0.4, -0.2) is 5.78 Å². The summed E-state index contributed by atoms with van der Waals surface area (Å²) >= 11 is 0. The number of carbonyl (C=O) groups excluding carboxylic acids is 1. The molecule has 0 amide bonds. The first kappa shape index (κ1) is 12.7. The molecule has 1 atom stereocenters. The quantitative estimate of drug-likeness (QED) is 0.649. The molecule has 0 rings (SSSR count). The number of hydrogen-bond acceptors (Lipinski definition) is 1. The highest BCUT2D eigenvalue weighted by atomic mass is 16.1. The summed E-state index contributed by atoms with van der Waals surface area (Å²) in [6.07, 6.45) is 3.06. The Bertz CT molecular complexity index is 176. The van der Waals surface area contributed by atoms with Crippen LogP contribution in [0.1, 0.15) is 60.8 Å². The Hall–Kier alpha value is -0.330. The van der Waals surface area contributed by atoms with E-state index in [0.29, 0.717) is 5.78 Å². The standard InChI is InChI=1S/C12H24O/c1-7-9-12(6,8-2)10(13)11(3,4)5/h7-9H2,1-6H3. The van der Waals surface area contributed by atoms with Crippen LogP contribution in [0.2, 0.25) is 0 Å². The fourth-order valence-corrected chi connectivity index (χ4v) is 1.91. The van der Waals surface area contributed by atoms with Crippen molar-refractivity contribution in [2.45, 2.75) is 60.8 Å². The second-order valence-electron chi connectivity index (χ2n) is 5.24. The van der Waals surface area contributed by atoms with Crippen molar-refractivity contribution in [2.75, 3.05) is 0 Å². The minimum Gasteiger partial charge on any atom is -0.299 e. The molecule has 0 saturated carbocycles. The molecule has 78 valence electrons. The van der Waals surface area contributed by atoms with E-state index in [0.717, 1.165) is 19.3 Å². The zero-order valence-corrected chi connectivity index (χ0v) is 10.0. The Morgan fingerprint density at radius 3 is 1.77 bits per heavy atom. The molecule has 0 spiro atoms. The van der Waals surface area contributed by atoms with Crippen LogP contribution in [0.4, 0.5) is 0 Å². The van der Waals surface area contributed by atoms with Crippen LogP contribution in [0, 0.1) is 10.8 Å². The van der Waals surface area contributed by atoms with Crippen LogP contribution in [0.3, 0.4) is 0 Å². The Morgan fingerprint density at radius 1 is 1.08 bits per heavy atom. The molecule has 0 aromatic heterocycles. The third kappa shape index (κ3) is 3.13. The summed E-state index contributed by atoms with van der Waals surface area (Å²) in [4.78, 5) is 12.1. The van der Waals surface area contributed by atoms with Gasteiger partial charge in [0.1, 0.15) is 5.78 Å². The van der Waals surface area contributed by atoms with E-state index < -0.39 is 0 Å². The predicted molar refractivity (Wildman–Crippen MR) is 57.8 cm³/mol. The fraction of sp³-hybridized carbons (Fsp3) is 0.917. The van der Waals surface area contributed by atoms with Crippen molar-refractivity contribution in [3.63, 3.8) is 0 Å². The molecular weight excluding hydrogens is 160 g/mol. The first-order valence-corrected chi connectivity index (χ1v) is 5.33. The van der Waals surface area contributed by atoms with Crippen molar-refractivity contribution in [3.8, 4) is 0 Å². The fourth-order valence-electron chi connectivity index (χ4n) is 1.91. The van der Waals surface area contributed by atoms with Crippen molar-refractivity contribution in [3.05, 3.63) is 0 Å². The lowest BCUT2D eigenvalue weighted by Crippen LogP contribution is -2.36. The second-order valence-corrected chi connectivity index (χ2v) is 5.24. The molecule has 0 aliphatic carbocycles. The molecule has 13 heavy (non-hydrogen) atoms. The van der Waals surface area contributed by atoms with Crippen molar-refractivity contribution < 1.29 is 4.79 Å². The highest BCUT2D eigenvalue weighted by molar-refractivity contribution is 5.88. The number of Topliss-reactive ketones (excluding diaryl/α,β-unsaturated/α-hetero) is 1. The largest absolute Gasteiger partial charge is 0.299 e. The Morgan fingerprint density at radius 2 is 1.54 bits per heavy atom. The van der Waals surface area contributed by atoms with Gasteiger partial charge < -0.3 is 0 Å². The maximum Gasteiger partial charge on any atom is 0.144 e. The van der Waals surface area contributed by atoms with Crippen LogP contribution < -0.4 is 0 Å². The molecule has 0 saturated heterocycles. The molecule has 1 heteroatoms. The third-order valence-electron chi connectivity index (χ3n) is 2.81. The van der Waals surface area contributed by atoms with E-state index in [1.54, 1.807) is 0 Å². The number of rotatable bonds is 4. The lowest BCUT2D eigenvalue weighted by molar-refractivity contribution is -0.136. The number of carbonyl (C=O) groups is 1. The Balaban J connectivity index is 4.67. The van der Waals surface area contributed by atoms with E-state index in [1.807, 2.05) is 20.8 Å². The molecule has 0 radical (unpaired) electrons. The van der Waals surface area contributed by atoms with Crippen molar-refractivity contribution >= 4 is 5.78 Å². The van der Waals surface area contributed by atoms with Gasteiger partial charge in [-0.1, -0.05) is 48.0 Å². The van der Waals surface area contributed by atoms with Gasteiger partial charge in [0.2, 0.25) is 0 Å². The van der Waals surface area contributed by atoms with E-state index in [9.17, 15) is 4.79 Å². The maximum atomic E-state index is 12.1. The number of ketones is 1. The van der Waals surface area contributed by atoms with Gasteiger partial charge in [-0.3, -0.25) is 4.79 Å². The van der Waals surface area contributed by atoms with E-state index in [2.05, 4.69) is 20.8 Å². The summed E-state index contributed by atoms with van der Waals surface area (Å²) in [6, 6.07) is 0. The van der Waals surface area contributed by atoms with E-state index in [4.69, 9.17) is 0 Å². The smallest absolute Gasteiger partial charge is 0.144 e. The molecule has 0 N–H and O–H groups in total. The van der Waals surface area contributed by atoms with E-state index in [1.165, 1.54) is 0 Å². The van der Waals surface area contributed by atoms with Crippen LogP contribution in [0.25, 0.3) is 0 Å². The molecule has 0 fully saturated rings. The summed E-state index contributed by atoms with van der Waals surface area (Å²) in [5.41, 5.74) is -0.299. The molecular formula is C12H24O. The van der Waals surface area contributed by atoms with Gasteiger partial charge in [-0.15, -0.1) is 0 Å². The van der Waals surface area contributed by atoms with Crippen molar-refractivity contribution in [1.29, 1.82) is 0 Å². The average Bonchev–Trinajstić information content (AvgIpc) is 2.02. The molecule has 0 aromatic rings. The van der Waals surface area contributed by atoms with Gasteiger partial charge in [-0.2, -0.15) is 0 Å². The topological polar surface area (TPSA) is 17.1 Å². The van der Waals surface area contributed by atoms with Gasteiger partial charge in [0.05, 0.1) is 0 Å². The van der Waals surface area contributed by atoms with Gasteiger partial charge in [0.15, 0.2) is 0 Å². The third-order valence-corrected chi connectivity index (χ3v) is 2.81. The van der Waals surface area contributed by atoms with Gasteiger partial charge >= 0.3 is 0 Å². The lowest BCUT2D eigenvalue weighted by Gasteiger charge is -2.33. The lowest BCUT2D eigenvalue weighted by atomic mass is 9.70. The normalized spacial score (nSPS) is 16.8.